The number of halogens is 6. The Morgan fingerprint density at radius 3 is 2.11 bits per heavy atom. The van der Waals surface area contributed by atoms with Crippen molar-refractivity contribution in [3.8, 4) is 11.5 Å². The fraction of sp³-hybridized carbons (Fsp3) is 0.289. The second-order valence-electron chi connectivity index (χ2n) is 12.0. The molecule has 1 heterocycles. The molecule has 13 nitrogen and oxygen atoms in total. The summed E-state index contributed by atoms with van der Waals surface area (Å²) in [5.41, 5.74) is -0.124. The lowest BCUT2D eigenvalue weighted by atomic mass is 9.93. The maximum Gasteiger partial charge on any atom is 0.416 e. The van der Waals surface area contributed by atoms with Gasteiger partial charge in [0.2, 0.25) is 0 Å². The van der Waals surface area contributed by atoms with Crippen molar-refractivity contribution >= 4 is 82.0 Å². The number of amides is 2. The van der Waals surface area contributed by atoms with Crippen LogP contribution in [-0.4, -0.2) is 54.0 Å². The number of benzene rings is 3. The molecule has 3 aromatic rings. The molecule has 0 radical (unpaired) electrons. The minimum absolute atomic E-state index is 0.0398. The van der Waals surface area contributed by atoms with Crippen LogP contribution in [0, 0.1) is 10.1 Å². The van der Waals surface area contributed by atoms with E-state index in [1.807, 2.05) is 0 Å². The molecule has 0 N–H and O–H groups in total. The van der Waals surface area contributed by atoms with E-state index < -0.39 is 51.9 Å². The van der Waals surface area contributed by atoms with Gasteiger partial charge in [0, 0.05) is 28.3 Å². The summed E-state index contributed by atoms with van der Waals surface area (Å²) >= 11 is 18.0. The summed E-state index contributed by atoms with van der Waals surface area (Å²) in [5.74, 6) is -3.58. The van der Waals surface area contributed by atoms with E-state index in [0.717, 1.165) is 43.2 Å². The first-order valence-electron chi connectivity index (χ1n) is 17.0. The molecule has 19 heteroatoms. The summed E-state index contributed by atoms with van der Waals surface area (Å²) in [4.78, 5) is 72.6. The molecule has 1 atom stereocenters. The predicted molar refractivity (Wildman–Crippen MR) is 201 cm³/mol. The molecule has 2 aliphatic rings. The van der Waals surface area contributed by atoms with Crippen LogP contribution in [0.25, 0.3) is 6.08 Å². The second-order valence-corrected chi connectivity index (χ2v) is 13.2. The third-order valence-corrected chi connectivity index (χ3v) is 9.06. The van der Waals surface area contributed by atoms with E-state index in [-0.39, 0.29) is 46.6 Å². The molecular weight excluding hydrogens is 824 g/mol. The highest BCUT2D eigenvalue weighted by atomic mass is 35.5. The minimum Gasteiger partial charge on any atom is -0.463 e. The maximum absolute atomic E-state index is 12.8. The smallest absolute Gasteiger partial charge is 0.416 e. The Bertz CT molecular complexity index is 2140. The molecule has 0 bridgehead atoms. The largest absolute Gasteiger partial charge is 0.463 e. The minimum atomic E-state index is -4.61. The summed E-state index contributed by atoms with van der Waals surface area (Å²) in [7, 11) is 0. The van der Waals surface area contributed by atoms with Crippen LogP contribution in [-0.2, 0) is 39.6 Å². The van der Waals surface area contributed by atoms with Crippen LogP contribution in [0.2, 0.25) is 10.0 Å². The highest BCUT2D eigenvalue weighted by molar-refractivity contribution is 6.43. The molecule has 0 fully saturated rings. The molecule has 0 saturated carbocycles. The van der Waals surface area contributed by atoms with Gasteiger partial charge in [0.15, 0.2) is 6.10 Å². The van der Waals surface area contributed by atoms with Crippen LogP contribution >= 0.6 is 34.8 Å². The lowest BCUT2D eigenvalue weighted by molar-refractivity contribution is -0.385. The van der Waals surface area contributed by atoms with Gasteiger partial charge in [-0.1, -0.05) is 34.8 Å². The highest BCUT2D eigenvalue weighted by Crippen LogP contribution is 2.39. The Kier molecular flexibility index (Phi) is 14.9. The lowest BCUT2D eigenvalue weighted by Gasteiger charge is -2.16. The van der Waals surface area contributed by atoms with Gasteiger partial charge in [-0.15, -0.1) is 0 Å². The number of alkyl halides is 3. The number of anilines is 1. The summed E-state index contributed by atoms with van der Waals surface area (Å²) in [5, 5.41) is 11.1. The van der Waals surface area contributed by atoms with E-state index >= 15 is 0 Å². The Morgan fingerprint density at radius 2 is 1.54 bits per heavy atom. The van der Waals surface area contributed by atoms with E-state index in [1.54, 1.807) is 32.0 Å². The molecule has 302 valence electrons. The summed E-state index contributed by atoms with van der Waals surface area (Å²) in [6.07, 6.45) is -1.49. The third-order valence-electron chi connectivity index (χ3n) is 8.15. The zero-order chi connectivity index (χ0) is 42.2. The number of nitro groups is 1. The van der Waals surface area contributed by atoms with Crippen molar-refractivity contribution in [1.82, 2.24) is 0 Å². The van der Waals surface area contributed by atoms with Crippen LogP contribution in [0.4, 0.5) is 24.5 Å². The first kappa shape index (κ1) is 44.3. The number of hydrogen-bond donors (Lipinski definition) is 0. The van der Waals surface area contributed by atoms with E-state index in [2.05, 4.69) is 0 Å². The molecule has 1 aliphatic heterocycles. The first-order valence-corrected chi connectivity index (χ1v) is 18.2. The van der Waals surface area contributed by atoms with E-state index in [1.165, 1.54) is 17.9 Å². The van der Waals surface area contributed by atoms with Gasteiger partial charge in [0.1, 0.15) is 22.1 Å². The first-order chi connectivity index (χ1) is 26.9. The lowest BCUT2D eigenvalue weighted by Crippen LogP contribution is -2.31. The van der Waals surface area contributed by atoms with E-state index in [4.69, 9.17) is 53.8 Å². The van der Waals surface area contributed by atoms with Gasteiger partial charge in [0.05, 0.1) is 34.4 Å². The average Bonchev–Trinajstić information content (AvgIpc) is 3.41. The topological polar surface area (TPSA) is 169 Å². The summed E-state index contributed by atoms with van der Waals surface area (Å²) in [6.45, 7) is 4.69. The van der Waals surface area contributed by atoms with Crippen molar-refractivity contribution in [3.63, 3.8) is 0 Å². The molecule has 1 unspecified atom stereocenters. The van der Waals surface area contributed by atoms with E-state index in [9.17, 15) is 47.3 Å². The van der Waals surface area contributed by atoms with Crippen LogP contribution < -0.4 is 9.64 Å². The number of ether oxygens (including phenoxy) is 4. The fourth-order valence-corrected chi connectivity index (χ4v) is 6.03. The third kappa shape index (κ3) is 10.9. The Hall–Kier alpha value is -5.45. The zero-order valence-electron chi connectivity index (χ0n) is 30.2. The number of rotatable bonds is 11. The van der Waals surface area contributed by atoms with Gasteiger partial charge in [-0.2, -0.15) is 13.2 Å². The molecule has 57 heavy (non-hydrogen) atoms. The second kappa shape index (κ2) is 19.1. The van der Waals surface area contributed by atoms with Gasteiger partial charge < -0.3 is 18.9 Å². The number of carbonyl (C=O) groups excluding carboxylic acids is 5. The Balaban J connectivity index is 0.000000256. The number of carbonyl (C=O) groups is 5. The SMILES string of the molecule is CCOC(=O)/C(Cl)=C/c1cc(N2C(=O)C3=C(CCCC3)C2=O)ccc1Cl.CCOC(=O)C(C)OC(=O)c1cc(Oc2ccc(C(F)(F)F)cc2Cl)ccc1[N+](=O)[O-]. The van der Waals surface area contributed by atoms with Crippen molar-refractivity contribution < 1.29 is 61.0 Å². The zero-order valence-corrected chi connectivity index (χ0v) is 32.5. The van der Waals surface area contributed by atoms with Crippen LogP contribution in [0.15, 0.2) is 70.8 Å². The van der Waals surface area contributed by atoms with Crippen LogP contribution in [0.5, 0.6) is 11.5 Å². The van der Waals surface area contributed by atoms with Crippen molar-refractivity contribution in [2.45, 2.75) is 58.7 Å². The molecule has 3 aromatic carbocycles. The number of nitro benzene ring substituents is 1. The van der Waals surface area contributed by atoms with Gasteiger partial charge in [0.25, 0.3) is 17.5 Å². The van der Waals surface area contributed by atoms with Gasteiger partial charge in [-0.3, -0.25) is 19.7 Å². The predicted octanol–water partition coefficient (Wildman–Crippen LogP) is 9.39. The quantitative estimate of drug-likeness (QED) is 0.0450. The van der Waals surface area contributed by atoms with Gasteiger partial charge in [-0.25, -0.2) is 19.3 Å². The number of hydrogen-bond acceptors (Lipinski definition) is 11. The average molecular weight is 856 g/mol. The van der Waals surface area contributed by atoms with Gasteiger partial charge in [-0.05, 0) is 101 Å². The monoisotopic (exact) mass is 854 g/mol. The molecule has 1 aliphatic carbocycles. The van der Waals surface area contributed by atoms with Crippen molar-refractivity contribution in [2.75, 3.05) is 18.1 Å². The number of nitrogens with zero attached hydrogens (tertiary/aromatic N) is 2. The summed E-state index contributed by atoms with van der Waals surface area (Å²) in [6, 6.07) is 10.1. The molecule has 0 aromatic heterocycles. The van der Waals surface area contributed by atoms with Crippen LogP contribution in [0.3, 0.4) is 0 Å². The van der Waals surface area contributed by atoms with E-state index in [0.29, 0.717) is 46.3 Å². The van der Waals surface area contributed by atoms with Gasteiger partial charge >= 0.3 is 24.1 Å². The molecule has 2 amide bonds. The molecule has 5 rings (SSSR count). The standard InChI is InChI=1S/C19H17Cl2NO4.C19H15ClF3NO7/c1-2-26-19(25)16(21)10-11-9-12(7-8-15(11)20)22-17(23)13-5-3-4-6-14(13)18(22)24;1-3-29-17(25)10(2)30-18(26)13-9-12(5-6-15(13)24(27)28)31-16-7-4-11(8-14(16)20)19(21,22)23/h7-10H,2-6H2,1H3;4-10H,3H2,1-2H3/b16-10-;. The number of esters is 3. The fourth-order valence-electron chi connectivity index (χ4n) is 5.47. The Morgan fingerprint density at radius 1 is 0.912 bits per heavy atom. The number of imide groups is 1. The molecule has 0 saturated heterocycles. The maximum atomic E-state index is 12.8. The van der Waals surface area contributed by atoms with Crippen molar-refractivity contribution in [2.24, 2.45) is 0 Å². The Labute approximate surface area is 338 Å². The normalized spacial score (nSPS) is 14.6. The van der Waals surface area contributed by atoms with Crippen molar-refractivity contribution in [3.05, 3.63) is 108 Å². The highest BCUT2D eigenvalue weighted by Gasteiger charge is 2.40. The van der Waals surface area contributed by atoms with Crippen LogP contribution in [0.1, 0.15) is 67.9 Å². The van der Waals surface area contributed by atoms with Crippen molar-refractivity contribution in [1.29, 1.82) is 0 Å². The molecule has 0 spiro atoms. The summed E-state index contributed by atoms with van der Waals surface area (Å²) < 4.78 is 58.1. The molecular formula is C38H32Cl3F3N2O11.